The molecule has 0 unspecified atom stereocenters. The summed E-state index contributed by atoms with van der Waals surface area (Å²) in [6, 6.07) is 13.4. The van der Waals surface area contributed by atoms with Gasteiger partial charge in [-0.25, -0.2) is 0 Å². The minimum absolute atomic E-state index is 0.129. The number of nitrogens with zero attached hydrogens (tertiary/aromatic N) is 3. The lowest BCUT2D eigenvalue weighted by Crippen LogP contribution is -2.02. The van der Waals surface area contributed by atoms with E-state index < -0.39 is 0 Å². The van der Waals surface area contributed by atoms with E-state index in [9.17, 15) is 5.11 Å². The van der Waals surface area contributed by atoms with Crippen LogP contribution in [0.4, 0.5) is 5.82 Å². The molecule has 0 aliphatic carbocycles. The Balaban J connectivity index is 2.04. The van der Waals surface area contributed by atoms with Crippen LogP contribution < -0.4 is 5.73 Å². The van der Waals surface area contributed by atoms with Crippen molar-refractivity contribution >= 4 is 5.82 Å². The Morgan fingerprint density at radius 1 is 1.14 bits per heavy atom. The van der Waals surface area contributed by atoms with Gasteiger partial charge in [-0.05, 0) is 36.6 Å². The van der Waals surface area contributed by atoms with Crippen molar-refractivity contribution in [2.24, 2.45) is 0 Å². The highest BCUT2D eigenvalue weighted by atomic mass is 16.3. The number of anilines is 1. The molecule has 3 aromatic rings. The lowest BCUT2D eigenvalue weighted by atomic mass is 10.1. The van der Waals surface area contributed by atoms with Crippen LogP contribution >= 0.6 is 0 Å². The Labute approximate surface area is 129 Å². The van der Waals surface area contributed by atoms with Crippen molar-refractivity contribution in [2.75, 3.05) is 5.73 Å². The minimum atomic E-state index is 0.129. The monoisotopic (exact) mass is 294 g/mol. The fourth-order valence-corrected chi connectivity index (χ4v) is 2.38. The molecule has 0 amide bonds. The summed E-state index contributed by atoms with van der Waals surface area (Å²) in [5.41, 5.74) is 10.4. The summed E-state index contributed by atoms with van der Waals surface area (Å²) in [6.07, 6.45) is 0.986. The van der Waals surface area contributed by atoms with E-state index in [4.69, 9.17) is 5.73 Å². The first-order valence-corrected chi connectivity index (χ1v) is 7.20. The highest BCUT2D eigenvalue weighted by Crippen LogP contribution is 2.29. The standard InChI is InChI=1S/C17H18N4O/c1-3-12-5-7-13(8-6-12)16-17(18)21(20-19-16)14-9-4-11(2)10-15(14)22/h4-10,22H,3,18H2,1-2H3. The zero-order chi connectivity index (χ0) is 15.7. The fraction of sp³-hybridized carbons (Fsp3) is 0.176. The van der Waals surface area contributed by atoms with Crippen molar-refractivity contribution in [1.82, 2.24) is 15.0 Å². The second kappa shape index (κ2) is 5.52. The van der Waals surface area contributed by atoms with E-state index >= 15 is 0 Å². The maximum absolute atomic E-state index is 10.1. The lowest BCUT2D eigenvalue weighted by Gasteiger charge is -2.07. The van der Waals surface area contributed by atoms with E-state index in [0.29, 0.717) is 17.2 Å². The van der Waals surface area contributed by atoms with Gasteiger partial charge in [-0.15, -0.1) is 5.10 Å². The van der Waals surface area contributed by atoms with E-state index in [-0.39, 0.29) is 5.75 Å². The van der Waals surface area contributed by atoms with Gasteiger partial charge in [0, 0.05) is 5.56 Å². The molecule has 112 valence electrons. The van der Waals surface area contributed by atoms with Crippen LogP contribution in [0.5, 0.6) is 5.75 Å². The lowest BCUT2D eigenvalue weighted by molar-refractivity contribution is 0.469. The first-order chi connectivity index (χ1) is 10.6. The molecular weight excluding hydrogens is 276 g/mol. The van der Waals surface area contributed by atoms with Gasteiger partial charge in [0.2, 0.25) is 0 Å². The van der Waals surface area contributed by atoms with E-state index in [1.807, 2.05) is 25.1 Å². The molecular formula is C17H18N4O. The van der Waals surface area contributed by atoms with Gasteiger partial charge in [-0.2, -0.15) is 4.68 Å². The number of nitrogens with two attached hydrogens (primary N) is 1. The highest BCUT2D eigenvalue weighted by molar-refractivity contribution is 5.71. The molecule has 3 rings (SSSR count). The number of phenolic OH excluding ortho intramolecular Hbond substituents is 1. The van der Waals surface area contributed by atoms with Gasteiger partial charge in [0.1, 0.15) is 17.1 Å². The van der Waals surface area contributed by atoms with E-state index in [1.54, 1.807) is 12.1 Å². The summed E-state index contributed by atoms with van der Waals surface area (Å²) >= 11 is 0. The van der Waals surface area contributed by atoms with Gasteiger partial charge in [0.15, 0.2) is 5.82 Å². The molecule has 0 radical (unpaired) electrons. The van der Waals surface area contributed by atoms with Crippen molar-refractivity contribution in [1.29, 1.82) is 0 Å². The van der Waals surface area contributed by atoms with E-state index in [1.165, 1.54) is 10.2 Å². The molecule has 0 bridgehead atoms. The van der Waals surface area contributed by atoms with Crippen LogP contribution in [0.2, 0.25) is 0 Å². The number of nitrogen functional groups attached to an aromatic ring is 1. The Morgan fingerprint density at radius 2 is 1.86 bits per heavy atom. The van der Waals surface area contributed by atoms with Gasteiger partial charge in [-0.3, -0.25) is 0 Å². The van der Waals surface area contributed by atoms with Gasteiger partial charge in [0.25, 0.3) is 0 Å². The van der Waals surface area contributed by atoms with Crippen LogP contribution in [0.15, 0.2) is 42.5 Å². The predicted octanol–water partition coefficient (Wildman–Crippen LogP) is 3.09. The minimum Gasteiger partial charge on any atom is -0.506 e. The van der Waals surface area contributed by atoms with Gasteiger partial charge >= 0.3 is 0 Å². The first-order valence-electron chi connectivity index (χ1n) is 7.20. The highest BCUT2D eigenvalue weighted by Gasteiger charge is 2.15. The molecule has 2 aromatic carbocycles. The average molecular weight is 294 g/mol. The maximum atomic E-state index is 10.1. The van der Waals surface area contributed by atoms with Crippen molar-refractivity contribution in [2.45, 2.75) is 20.3 Å². The van der Waals surface area contributed by atoms with Crippen LogP contribution in [0.3, 0.4) is 0 Å². The van der Waals surface area contributed by atoms with Crippen LogP contribution in [0.25, 0.3) is 16.9 Å². The van der Waals surface area contributed by atoms with Crippen LogP contribution in [-0.2, 0) is 6.42 Å². The molecule has 5 nitrogen and oxygen atoms in total. The Bertz CT molecular complexity index is 806. The second-order valence-corrected chi connectivity index (χ2v) is 5.28. The zero-order valence-electron chi connectivity index (χ0n) is 12.6. The maximum Gasteiger partial charge on any atom is 0.156 e. The number of aryl methyl sites for hydroxylation is 2. The number of phenols is 1. The summed E-state index contributed by atoms with van der Waals surface area (Å²) in [5.74, 6) is 0.535. The first kappa shape index (κ1) is 14.1. The van der Waals surface area contributed by atoms with E-state index in [2.05, 4.69) is 29.4 Å². The molecule has 0 aliphatic heterocycles. The van der Waals surface area contributed by atoms with Crippen molar-refractivity contribution in [3.05, 3.63) is 53.6 Å². The molecule has 1 aromatic heterocycles. The number of aromatic nitrogens is 3. The molecule has 0 saturated carbocycles. The molecule has 0 fully saturated rings. The molecule has 1 heterocycles. The van der Waals surface area contributed by atoms with Gasteiger partial charge in [-0.1, -0.05) is 42.5 Å². The third-order valence-electron chi connectivity index (χ3n) is 3.70. The molecule has 0 atom stereocenters. The quantitative estimate of drug-likeness (QED) is 0.778. The number of hydrogen-bond acceptors (Lipinski definition) is 4. The van der Waals surface area contributed by atoms with Gasteiger partial charge < -0.3 is 10.8 Å². The van der Waals surface area contributed by atoms with E-state index in [0.717, 1.165) is 17.5 Å². The molecule has 0 saturated heterocycles. The van der Waals surface area contributed by atoms with Crippen molar-refractivity contribution < 1.29 is 5.11 Å². The van der Waals surface area contributed by atoms with Crippen molar-refractivity contribution in [3.8, 4) is 22.7 Å². The number of hydrogen-bond donors (Lipinski definition) is 2. The molecule has 5 heteroatoms. The molecule has 0 aliphatic rings. The summed E-state index contributed by atoms with van der Waals surface area (Å²) < 4.78 is 1.46. The Hall–Kier alpha value is -2.82. The van der Waals surface area contributed by atoms with Crippen LogP contribution in [-0.4, -0.2) is 20.1 Å². The summed E-state index contributed by atoms with van der Waals surface area (Å²) in [6.45, 7) is 4.02. The van der Waals surface area contributed by atoms with Crippen LogP contribution in [0.1, 0.15) is 18.1 Å². The predicted molar refractivity (Wildman–Crippen MR) is 87.0 cm³/mol. The smallest absolute Gasteiger partial charge is 0.156 e. The largest absolute Gasteiger partial charge is 0.506 e. The van der Waals surface area contributed by atoms with Crippen LogP contribution in [0, 0.1) is 6.92 Å². The summed E-state index contributed by atoms with van der Waals surface area (Å²) in [4.78, 5) is 0. The Kier molecular flexibility index (Phi) is 3.55. The zero-order valence-corrected chi connectivity index (χ0v) is 12.6. The summed E-state index contributed by atoms with van der Waals surface area (Å²) in [7, 11) is 0. The average Bonchev–Trinajstić information content (AvgIpc) is 2.89. The SMILES string of the molecule is CCc1ccc(-c2nnn(-c3ccc(C)cc3O)c2N)cc1. The van der Waals surface area contributed by atoms with Gasteiger partial charge in [0.05, 0.1) is 0 Å². The molecule has 22 heavy (non-hydrogen) atoms. The van der Waals surface area contributed by atoms with Crippen molar-refractivity contribution in [3.63, 3.8) is 0 Å². The Morgan fingerprint density at radius 3 is 2.50 bits per heavy atom. The fourth-order valence-electron chi connectivity index (χ4n) is 2.38. The molecule has 0 spiro atoms. The number of benzene rings is 2. The third-order valence-corrected chi connectivity index (χ3v) is 3.70. The third kappa shape index (κ3) is 2.41. The number of rotatable bonds is 3. The topological polar surface area (TPSA) is 77.0 Å². The summed E-state index contributed by atoms with van der Waals surface area (Å²) in [5, 5.41) is 18.3. The second-order valence-electron chi connectivity index (χ2n) is 5.28. The molecule has 3 N–H and O–H groups in total. The normalized spacial score (nSPS) is 10.8. The number of aromatic hydroxyl groups is 1.